The van der Waals surface area contributed by atoms with Gasteiger partial charge in [0.25, 0.3) is 0 Å². The molecule has 0 amide bonds. The van der Waals surface area contributed by atoms with E-state index in [-0.39, 0.29) is 18.5 Å². The van der Waals surface area contributed by atoms with Crippen molar-refractivity contribution in [3.8, 4) is 11.5 Å². The summed E-state index contributed by atoms with van der Waals surface area (Å²) in [4.78, 5) is 0. The zero-order chi connectivity index (χ0) is 11.1. The van der Waals surface area contributed by atoms with E-state index in [1.54, 1.807) is 18.2 Å². The Morgan fingerprint density at radius 3 is 2.67 bits per heavy atom. The summed E-state index contributed by atoms with van der Waals surface area (Å²) in [5.74, 6) is 0.695. The van der Waals surface area contributed by atoms with E-state index in [4.69, 9.17) is 9.84 Å². The molecule has 1 aromatic carbocycles. The molecule has 3 heteroatoms. The van der Waals surface area contributed by atoms with Crippen LogP contribution < -0.4 is 4.74 Å². The average Bonchev–Trinajstić information content (AvgIpc) is 2.22. The number of phenolic OH excluding ortho intramolecular Hbond substituents is 1. The monoisotopic (exact) mass is 210 g/mol. The van der Waals surface area contributed by atoms with Crippen LogP contribution in [-0.2, 0) is 0 Å². The van der Waals surface area contributed by atoms with Gasteiger partial charge in [0.15, 0.2) is 11.5 Å². The largest absolute Gasteiger partial charge is 0.504 e. The molecule has 0 fully saturated rings. The SMILES string of the molecule is CC(CCCCO)Oc1ccccc1O. The molecule has 0 aromatic heterocycles. The number of aliphatic hydroxyl groups is 1. The van der Waals surface area contributed by atoms with E-state index in [9.17, 15) is 5.11 Å². The first-order valence-electron chi connectivity index (χ1n) is 5.29. The van der Waals surface area contributed by atoms with Crippen LogP contribution in [0.2, 0.25) is 0 Å². The Balaban J connectivity index is 2.37. The van der Waals surface area contributed by atoms with E-state index in [1.165, 1.54) is 0 Å². The summed E-state index contributed by atoms with van der Waals surface area (Å²) in [6.45, 7) is 2.19. The highest BCUT2D eigenvalue weighted by molar-refractivity contribution is 5.37. The molecule has 0 aliphatic rings. The van der Waals surface area contributed by atoms with Gasteiger partial charge in [0.05, 0.1) is 6.10 Å². The summed E-state index contributed by atoms with van der Waals surface area (Å²) in [5.41, 5.74) is 0. The maximum atomic E-state index is 9.47. The molecule has 2 N–H and O–H groups in total. The van der Waals surface area contributed by atoms with Gasteiger partial charge in [0.2, 0.25) is 0 Å². The Labute approximate surface area is 90.3 Å². The fourth-order valence-corrected chi connectivity index (χ4v) is 1.38. The molecule has 0 saturated carbocycles. The van der Waals surface area contributed by atoms with Crippen molar-refractivity contribution >= 4 is 0 Å². The first-order valence-corrected chi connectivity index (χ1v) is 5.29. The lowest BCUT2D eigenvalue weighted by Crippen LogP contribution is -2.11. The van der Waals surface area contributed by atoms with Crippen LogP contribution >= 0.6 is 0 Å². The Hall–Kier alpha value is -1.22. The molecule has 0 heterocycles. The van der Waals surface area contributed by atoms with Gasteiger partial charge in [0, 0.05) is 6.61 Å². The quantitative estimate of drug-likeness (QED) is 0.708. The van der Waals surface area contributed by atoms with Crippen LogP contribution in [0.4, 0.5) is 0 Å². The Bertz CT molecular complexity index is 286. The number of hydrogen-bond donors (Lipinski definition) is 2. The van der Waals surface area contributed by atoms with Gasteiger partial charge in [-0.2, -0.15) is 0 Å². The van der Waals surface area contributed by atoms with Crippen LogP contribution in [0, 0.1) is 0 Å². The Kier molecular flexibility index (Phi) is 4.98. The second-order valence-electron chi connectivity index (χ2n) is 3.62. The average molecular weight is 210 g/mol. The summed E-state index contributed by atoms with van der Waals surface area (Å²) < 4.78 is 5.56. The molecule has 0 aliphatic carbocycles. The number of aliphatic hydroxyl groups excluding tert-OH is 1. The number of rotatable bonds is 6. The molecule has 1 unspecified atom stereocenters. The number of ether oxygens (including phenoxy) is 1. The number of unbranched alkanes of at least 4 members (excludes halogenated alkanes) is 1. The normalized spacial score (nSPS) is 12.4. The van der Waals surface area contributed by atoms with Crippen LogP contribution in [0.25, 0.3) is 0 Å². The number of benzene rings is 1. The maximum Gasteiger partial charge on any atom is 0.161 e. The minimum Gasteiger partial charge on any atom is -0.504 e. The number of hydrogen-bond acceptors (Lipinski definition) is 3. The van der Waals surface area contributed by atoms with E-state index in [2.05, 4.69) is 0 Å². The number of phenols is 1. The van der Waals surface area contributed by atoms with Crippen LogP contribution in [-0.4, -0.2) is 22.9 Å². The van der Waals surface area contributed by atoms with Gasteiger partial charge in [-0.3, -0.25) is 0 Å². The Morgan fingerprint density at radius 2 is 2.00 bits per heavy atom. The topological polar surface area (TPSA) is 49.7 Å². The second-order valence-corrected chi connectivity index (χ2v) is 3.62. The molecular formula is C12H18O3. The van der Waals surface area contributed by atoms with Gasteiger partial charge in [0.1, 0.15) is 0 Å². The van der Waals surface area contributed by atoms with Crippen molar-refractivity contribution in [2.45, 2.75) is 32.3 Å². The first kappa shape index (κ1) is 11.9. The van der Waals surface area contributed by atoms with Crippen molar-refractivity contribution in [3.05, 3.63) is 24.3 Å². The van der Waals surface area contributed by atoms with E-state index in [1.807, 2.05) is 13.0 Å². The highest BCUT2D eigenvalue weighted by Gasteiger charge is 2.06. The molecule has 0 radical (unpaired) electrons. The summed E-state index contributed by atoms with van der Waals surface area (Å²) >= 11 is 0. The van der Waals surface area contributed by atoms with Gasteiger partial charge in [-0.25, -0.2) is 0 Å². The molecule has 0 bridgehead atoms. The predicted molar refractivity (Wildman–Crippen MR) is 59.1 cm³/mol. The van der Waals surface area contributed by atoms with Crippen LogP contribution in [0.3, 0.4) is 0 Å². The molecule has 0 spiro atoms. The smallest absolute Gasteiger partial charge is 0.161 e. The zero-order valence-electron chi connectivity index (χ0n) is 9.02. The zero-order valence-corrected chi connectivity index (χ0v) is 9.02. The van der Waals surface area contributed by atoms with Crippen molar-refractivity contribution < 1.29 is 14.9 Å². The van der Waals surface area contributed by atoms with Gasteiger partial charge >= 0.3 is 0 Å². The van der Waals surface area contributed by atoms with E-state index < -0.39 is 0 Å². The van der Waals surface area contributed by atoms with Gasteiger partial charge in [-0.1, -0.05) is 12.1 Å². The third-order valence-electron chi connectivity index (χ3n) is 2.21. The lowest BCUT2D eigenvalue weighted by molar-refractivity contribution is 0.193. The van der Waals surface area contributed by atoms with Gasteiger partial charge < -0.3 is 14.9 Å². The highest BCUT2D eigenvalue weighted by Crippen LogP contribution is 2.26. The third kappa shape index (κ3) is 4.21. The van der Waals surface area contributed by atoms with Crippen molar-refractivity contribution in [3.63, 3.8) is 0 Å². The number of para-hydroxylation sites is 2. The third-order valence-corrected chi connectivity index (χ3v) is 2.21. The first-order chi connectivity index (χ1) is 7.24. The molecule has 84 valence electrons. The minimum absolute atomic E-state index is 0.0600. The maximum absolute atomic E-state index is 9.47. The summed E-state index contributed by atoms with van der Waals surface area (Å²) in [7, 11) is 0. The summed E-state index contributed by atoms with van der Waals surface area (Å²) in [5, 5.41) is 18.1. The van der Waals surface area contributed by atoms with E-state index in [0.717, 1.165) is 19.3 Å². The van der Waals surface area contributed by atoms with Crippen molar-refractivity contribution in [1.29, 1.82) is 0 Å². The lowest BCUT2D eigenvalue weighted by Gasteiger charge is -2.15. The van der Waals surface area contributed by atoms with Gasteiger partial charge in [-0.05, 0) is 38.3 Å². The molecule has 0 aliphatic heterocycles. The molecule has 1 atom stereocenters. The minimum atomic E-state index is 0.0600. The fourth-order valence-electron chi connectivity index (χ4n) is 1.38. The van der Waals surface area contributed by atoms with E-state index in [0.29, 0.717) is 5.75 Å². The Morgan fingerprint density at radius 1 is 1.27 bits per heavy atom. The lowest BCUT2D eigenvalue weighted by atomic mass is 10.2. The summed E-state index contributed by atoms with van der Waals surface area (Å²) in [6, 6.07) is 6.95. The molecular weight excluding hydrogens is 192 g/mol. The standard InChI is InChI=1S/C12H18O3/c1-10(6-4-5-9-13)15-12-8-3-2-7-11(12)14/h2-3,7-8,10,13-14H,4-6,9H2,1H3. The predicted octanol–water partition coefficient (Wildman–Crippen LogP) is 2.32. The fraction of sp³-hybridized carbons (Fsp3) is 0.500. The molecule has 1 aromatic rings. The van der Waals surface area contributed by atoms with Crippen LogP contribution in [0.5, 0.6) is 11.5 Å². The molecule has 1 rings (SSSR count). The van der Waals surface area contributed by atoms with Crippen molar-refractivity contribution in [1.82, 2.24) is 0 Å². The van der Waals surface area contributed by atoms with Gasteiger partial charge in [-0.15, -0.1) is 0 Å². The summed E-state index contributed by atoms with van der Waals surface area (Å²) in [6.07, 6.45) is 2.68. The van der Waals surface area contributed by atoms with Crippen LogP contribution in [0.15, 0.2) is 24.3 Å². The second kappa shape index (κ2) is 6.30. The van der Waals surface area contributed by atoms with Crippen molar-refractivity contribution in [2.24, 2.45) is 0 Å². The molecule has 3 nitrogen and oxygen atoms in total. The van der Waals surface area contributed by atoms with Crippen LogP contribution in [0.1, 0.15) is 26.2 Å². The molecule has 0 saturated heterocycles. The van der Waals surface area contributed by atoms with Crippen molar-refractivity contribution in [2.75, 3.05) is 6.61 Å². The van der Waals surface area contributed by atoms with E-state index >= 15 is 0 Å². The molecule has 15 heavy (non-hydrogen) atoms. The number of aromatic hydroxyl groups is 1. The highest BCUT2D eigenvalue weighted by atomic mass is 16.5.